The number of anilines is 1. The van der Waals surface area contributed by atoms with Crippen LogP contribution in [0.2, 0.25) is 0 Å². The molecule has 0 atom stereocenters. The number of hydrogen-bond donors (Lipinski definition) is 2. The zero-order valence-corrected chi connectivity index (χ0v) is 28.5. The zero-order valence-electron chi connectivity index (χ0n) is 28.5. The molecule has 1 saturated heterocycles. The lowest BCUT2D eigenvalue weighted by atomic mass is 10.00. The molecular formula is C37H57F2N5O. The standard InChI is InChI=1S/C25H33FN4.C4H6O.C3H5F.C3H6.C2H7N/c1-3-14-30(16-7-15-29-19-17-28(4-2)18-20-29)24-9-6-5-8-23(24)25(27)21-10-12-22(26)13-11-21;1-2-3-4-5;1-3(2)4;2*1-3-2/h3,5-6,8-14,27H,4,7,15-20H2,1-2H3;2,4H,1,3H2;1H2,2H3;3H,1H2,2H3;3H,1-2H3/b14-3+,27-25?;;;;. The minimum absolute atomic E-state index is 0.282. The Balaban J connectivity index is 0. The van der Waals surface area contributed by atoms with E-state index in [-0.39, 0.29) is 11.6 Å². The van der Waals surface area contributed by atoms with Crippen molar-refractivity contribution in [1.82, 2.24) is 15.1 Å². The van der Waals surface area contributed by atoms with Crippen LogP contribution in [0.1, 0.15) is 51.7 Å². The summed E-state index contributed by atoms with van der Waals surface area (Å²) in [4.78, 5) is 16.6. The number of rotatable bonds is 11. The highest BCUT2D eigenvalue weighted by Gasteiger charge is 2.17. The molecule has 0 unspecified atom stereocenters. The summed E-state index contributed by atoms with van der Waals surface area (Å²) in [6.07, 6.45) is 9.79. The number of halogens is 2. The molecular weight excluding hydrogens is 568 g/mol. The molecule has 2 aromatic carbocycles. The number of para-hydroxylation sites is 1. The van der Waals surface area contributed by atoms with E-state index in [1.807, 2.05) is 52.2 Å². The fourth-order valence-corrected chi connectivity index (χ4v) is 4.02. The quantitative estimate of drug-likeness (QED) is 0.151. The van der Waals surface area contributed by atoms with E-state index in [1.165, 1.54) is 19.1 Å². The third-order valence-corrected chi connectivity index (χ3v) is 5.99. The molecule has 2 aromatic rings. The normalized spacial score (nSPS) is 12.4. The molecule has 0 spiro atoms. The first-order valence-corrected chi connectivity index (χ1v) is 15.4. The maximum Gasteiger partial charge on any atom is 0.123 e. The smallest absolute Gasteiger partial charge is 0.123 e. The van der Waals surface area contributed by atoms with Crippen molar-refractivity contribution < 1.29 is 13.6 Å². The molecule has 0 aliphatic carbocycles. The summed E-state index contributed by atoms with van der Waals surface area (Å²) in [5.74, 6) is -0.616. The second-order valence-electron chi connectivity index (χ2n) is 9.98. The van der Waals surface area contributed by atoms with Gasteiger partial charge in [-0.3, -0.25) is 5.41 Å². The van der Waals surface area contributed by atoms with Gasteiger partial charge in [0, 0.05) is 50.3 Å². The number of piperazine rings is 1. The summed E-state index contributed by atoms with van der Waals surface area (Å²) in [5, 5.41) is 11.4. The molecule has 2 N–H and O–H groups in total. The van der Waals surface area contributed by atoms with Gasteiger partial charge in [-0.05, 0) is 90.9 Å². The van der Waals surface area contributed by atoms with Gasteiger partial charge in [0.2, 0.25) is 0 Å². The first-order chi connectivity index (χ1) is 21.6. The Bertz CT molecular complexity index is 1100. The van der Waals surface area contributed by atoms with Crippen molar-refractivity contribution in [2.75, 3.05) is 64.8 Å². The van der Waals surface area contributed by atoms with Gasteiger partial charge in [-0.25, -0.2) is 8.78 Å². The molecule has 0 aromatic heterocycles. The van der Waals surface area contributed by atoms with Crippen LogP contribution in [-0.2, 0) is 4.79 Å². The van der Waals surface area contributed by atoms with Gasteiger partial charge in [-0.15, -0.1) is 13.2 Å². The van der Waals surface area contributed by atoms with E-state index >= 15 is 0 Å². The van der Waals surface area contributed by atoms with Crippen molar-refractivity contribution in [3.8, 4) is 0 Å². The Kier molecular flexibility index (Phi) is 28.0. The highest BCUT2D eigenvalue weighted by molar-refractivity contribution is 6.14. The van der Waals surface area contributed by atoms with E-state index in [0.29, 0.717) is 12.1 Å². The zero-order chi connectivity index (χ0) is 34.5. The fourth-order valence-electron chi connectivity index (χ4n) is 4.02. The van der Waals surface area contributed by atoms with Crippen molar-refractivity contribution in [1.29, 1.82) is 5.41 Å². The van der Waals surface area contributed by atoms with Crippen molar-refractivity contribution >= 4 is 17.7 Å². The molecule has 8 heteroatoms. The SMILES string of the molecule is C/C=C/N(CCCN1CCN(CC)CC1)c1ccccc1C(=N)c1ccc(F)cc1.C=C(C)F.C=CC.C=CCC=O.CNC. The average molecular weight is 626 g/mol. The summed E-state index contributed by atoms with van der Waals surface area (Å²) in [7, 11) is 3.75. The van der Waals surface area contributed by atoms with Gasteiger partial charge >= 0.3 is 0 Å². The van der Waals surface area contributed by atoms with E-state index in [0.717, 1.165) is 75.3 Å². The van der Waals surface area contributed by atoms with E-state index in [2.05, 4.69) is 58.9 Å². The van der Waals surface area contributed by atoms with E-state index in [9.17, 15) is 13.6 Å². The molecule has 250 valence electrons. The van der Waals surface area contributed by atoms with Gasteiger partial charge in [0.1, 0.15) is 12.1 Å². The first-order valence-electron chi connectivity index (χ1n) is 15.4. The van der Waals surface area contributed by atoms with Gasteiger partial charge in [0.05, 0.1) is 17.2 Å². The topological polar surface area (TPSA) is 62.7 Å². The second-order valence-corrected chi connectivity index (χ2v) is 9.98. The summed E-state index contributed by atoms with van der Waals surface area (Å²) in [6, 6.07) is 14.2. The van der Waals surface area contributed by atoms with Crippen molar-refractivity contribution in [2.24, 2.45) is 0 Å². The minimum Gasteiger partial charge on any atom is -0.348 e. The van der Waals surface area contributed by atoms with Crippen LogP contribution in [0.5, 0.6) is 0 Å². The Morgan fingerprint density at radius 2 is 1.53 bits per heavy atom. The molecule has 0 bridgehead atoms. The van der Waals surface area contributed by atoms with Crippen LogP contribution in [-0.4, -0.2) is 81.7 Å². The molecule has 6 nitrogen and oxygen atoms in total. The van der Waals surface area contributed by atoms with Crippen LogP contribution in [0.3, 0.4) is 0 Å². The number of allylic oxidation sites excluding steroid dienone is 4. The molecule has 1 aliphatic heterocycles. The molecule has 1 aliphatic rings. The van der Waals surface area contributed by atoms with Crippen molar-refractivity contribution in [3.05, 3.63) is 115 Å². The number of likely N-dealkylation sites (N-methyl/N-ethyl adjacent to an activating group) is 1. The lowest BCUT2D eigenvalue weighted by Gasteiger charge is -2.34. The predicted molar refractivity (Wildman–Crippen MR) is 192 cm³/mol. The molecule has 0 radical (unpaired) electrons. The van der Waals surface area contributed by atoms with Crippen molar-refractivity contribution in [3.63, 3.8) is 0 Å². The number of carbonyl (C=O) groups is 1. The Hall–Kier alpha value is -3.72. The number of carbonyl (C=O) groups excluding carboxylic acids is 1. The van der Waals surface area contributed by atoms with Gasteiger partial charge in [0.15, 0.2) is 0 Å². The minimum atomic E-state index is -0.333. The van der Waals surface area contributed by atoms with E-state index in [4.69, 9.17) is 5.41 Å². The maximum absolute atomic E-state index is 13.3. The highest BCUT2D eigenvalue weighted by atomic mass is 19.1. The summed E-state index contributed by atoms with van der Waals surface area (Å²) >= 11 is 0. The number of hydrogen-bond acceptors (Lipinski definition) is 6. The lowest BCUT2D eigenvalue weighted by molar-refractivity contribution is -0.107. The third-order valence-electron chi connectivity index (χ3n) is 5.99. The lowest BCUT2D eigenvalue weighted by Crippen LogP contribution is -2.46. The molecule has 0 saturated carbocycles. The fraction of sp³-hybridized carbons (Fsp3) is 0.405. The number of nitrogens with one attached hydrogen (secondary N) is 2. The van der Waals surface area contributed by atoms with E-state index in [1.54, 1.807) is 24.3 Å². The largest absolute Gasteiger partial charge is 0.348 e. The predicted octanol–water partition coefficient (Wildman–Crippen LogP) is 7.89. The Morgan fingerprint density at radius 1 is 1.02 bits per heavy atom. The molecule has 0 amide bonds. The summed E-state index contributed by atoms with van der Waals surface area (Å²) in [5.41, 5.74) is 3.01. The van der Waals surface area contributed by atoms with Crippen LogP contribution in [0.4, 0.5) is 14.5 Å². The monoisotopic (exact) mass is 625 g/mol. The van der Waals surface area contributed by atoms with E-state index < -0.39 is 0 Å². The van der Waals surface area contributed by atoms with Crippen LogP contribution >= 0.6 is 0 Å². The van der Waals surface area contributed by atoms with Crippen LogP contribution in [0.15, 0.2) is 98.5 Å². The number of benzene rings is 2. The second kappa shape index (κ2) is 29.0. The first kappa shape index (κ1) is 43.4. The van der Waals surface area contributed by atoms with Gasteiger partial charge in [-0.2, -0.15) is 0 Å². The summed E-state index contributed by atoms with van der Waals surface area (Å²) in [6.45, 7) is 24.7. The van der Waals surface area contributed by atoms with Crippen LogP contribution < -0.4 is 10.2 Å². The molecule has 1 fully saturated rings. The van der Waals surface area contributed by atoms with Gasteiger partial charge < -0.3 is 24.8 Å². The molecule has 3 rings (SSSR count). The number of aldehydes is 1. The van der Waals surface area contributed by atoms with Crippen LogP contribution in [0.25, 0.3) is 0 Å². The Morgan fingerprint density at radius 3 is 1.98 bits per heavy atom. The van der Waals surface area contributed by atoms with Crippen LogP contribution in [0, 0.1) is 11.2 Å². The highest BCUT2D eigenvalue weighted by Crippen LogP contribution is 2.24. The van der Waals surface area contributed by atoms with Gasteiger partial charge in [-0.1, -0.05) is 49.9 Å². The average Bonchev–Trinajstić information content (AvgIpc) is 3.02. The molecule has 45 heavy (non-hydrogen) atoms. The van der Waals surface area contributed by atoms with Crippen molar-refractivity contribution in [2.45, 2.75) is 40.5 Å². The van der Waals surface area contributed by atoms with Gasteiger partial charge in [0.25, 0.3) is 0 Å². The summed E-state index contributed by atoms with van der Waals surface area (Å²) < 4.78 is 24.1. The third kappa shape index (κ3) is 21.6. The maximum atomic E-state index is 13.3. The Labute approximate surface area is 272 Å². The number of nitrogens with zero attached hydrogens (tertiary/aromatic N) is 3. The molecule has 1 heterocycles.